The van der Waals surface area contributed by atoms with E-state index in [9.17, 15) is 5.11 Å². The SMILES string of the molecule is COCc1ccc(CC2(O)CCCNC2)cc1. The standard InChI is InChI=1S/C14H21NO2/c1-17-10-13-5-3-12(4-6-13)9-14(16)7-2-8-15-11-14/h3-6,15-16H,2,7-11H2,1H3. The molecule has 94 valence electrons. The van der Waals surface area contributed by atoms with Crippen LogP contribution in [0, 0.1) is 0 Å². The highest BCUT2D eigenvalue weighted by Gasteiger charge is 2.28. The summed E-state index contributed by atoms with van der Waals surface area (Å²) in [6.07, 6.45) is 2.67. The number of hydrogen-bond donors (Lipinski definition) is 2. The van der Waals surface area contributed by atoms with Gasteiger partial charge in [-0.2, -0.15) is 0 Å². The lowest BCUT2D eigenvalue weighted by Crippen LogP contribution is -2.47. The summed E-state index contributed by atoms with van der Waals surface area (Å²) in [7, 11) is 1.70. The van der Waals surface area contributed by atoms with E-state index in [1.807, 2.05) is 0 Å². The highest BCUT2D eigenvalue weighted by atomic mass is 16.5. The van der Waals surface area contributed by atoms with E-state index in [4.69, 9.17) is 4.74 Å². The second kappa shape index (κ2) is 5.63. The Bertz CT molecular complexity index is 342. The van der Waals surface area contributed by atoms with Gasteiger partial charge in [0.2, 0.25) is 0 Å². The Balaban J connectivity index is 1.97. The molecule has 1 aromatic rings. The van der Waals surface area contributed by atoms with Crippen LogP contribution in [-0.2, 0) is 17.8 Å². The Hall–Kier alpha value is -0.900. The molecule has 1 heterocycles. The van der Waals surface area contributed by atoms with E-state index >= 15 is 0 Å². The monoisotopic (exact) mass is 235 g/mol. The molecular weight excluding hydrogens is 214 g/mol. The van der Waals surface area contributed by atoms with Crippen molar-refractivity contribution in [3.63, 3.8) is 0 Å². The summed E-state index contributed by atoms with van der Waals surface area (Å²) in [6.45, 7) is 2.37. The summed E-state index contributed by atoms with van der Waals surface area (Å²) in [4.78, 5) is 0. The molecule has 3 nitrogen and oxygen atoms in total. The smallest absolute Gasteiger partial charge is 0.0812 e. The lowest BCUT2D eigenvalue weighted by Gasteiger charge is -2.32. The van der Waals surface area contributed by atoms with E-state index in [1.165, 1.54) is 11.1 Å². The summed E-state index contributed by atoms with van der Waals surface area (Å²) >= 11 is 0. The summed E-state index contributed by atoms with van der Waals surface area (Å²) in [6, 6.07) is 8.30. The lowest BCUT2D eigenvalue weighted by atomic mass is 9.87. The van der Waals surface area contributed by atoms with Crippen molar-refractivity contribution >= 4 is 0 Å². The van der Waals surface area contributed by atoms with Crippen molar-refractivity contribution in [3.05, 3.63) is 35.4 Å². The first-order valence-corrected chi connectivity index (χ1v) is 6.22. The van der Waals surface area contributed by atoms with E-state index in [0.717, 1.165) is 25.8 Å². The zero-order valence-electron chi connectivity index (χ0n) is 10.4. The molecule has 2 rings (SSSR count). The molecule has 1 saturated heterocycles. The van der Waals surface area contributed by atoms with E-state index in [0.29, 0.717) is 13.2 Å². The van der Waals surface area contributed by atoms with Crippen LogP contribution >= 0.6 is 0 Å². The summed E-state index contributed by atoms with van der Waals surface area (Å²) in [5.74, 6) is 0. The van der Waals surface area contributed by atoms with Gasteiger partial charge in [-0.25, -0.2) is 0 Å². The van der Waals surface area contributed by atoms with Crippen molar-refractivity contribution in [3.8, 4) is 0 Å². The van der Waals surface area contributed by atoms with Gasteiger partial charge >= 0.3 is 0 Å². The maximum absolute atomic E-state index is 10.4. The van der Waals surface area contributed by atoms with Gasteiger partial charge < -0.3 is 15.2 Å². The van der Waals surface area contributed by atoms with Crippen molar-refractivity contribution in [2.75, 3.05) is 20.2 Å². The molecular formula is C14H21NO2. The molecule has 0 saturated carbocycles. The number of ether oxygens (including phenoxy) is 1. The van der Waals surface area contributed by atoms with Crippen LogP contribution in [0.15, 0.2) is 24.3 Å². The number of piperidine rings is 1. The summed E-state index contributed by atoms with van der Waals surface area (Å²) < 4.78 is 5.08. The quantitative estimate of drug-likeness (QED) is 0.831. The Morgan fingerprint density at radius 2 is 2.00 bits per heavy atom. The highest BCUT2D eigenvalue weighted by molar-refractivity contribution is 5.23. The molecule has 2 N–H and O–H groups in total. The predicted molar refractivity (Wildman–Crippen MR) is 67.9 cm³/mol. The van der Waals surface area contributed by atoms with Gasteiger partial charge in [0.15, 0.2) is 0 Å². The highest BCUT2D eigenvalue weighted by Crippen LogP contribution is 2.21. The minimum Gasteiger partial charge on any atom is -0.388 e. The topological polar surface area (TPSA) is 41.5 Å². The molecule has 1 fully saturated rings. The minimum absolute atomic E-state index is 0.568. The number of β-amino-alcohol motifs (C(OH)–C–C–N with tert-alkyl or cyclic N) is 1. The Labute approximate surface area is 103 Å². The number of benzene rings is 1. The third-order valence-corrected chi connectivity index (χ3v) is 3.32. The van der Waals surface area contributed by atoms with Crippen molar-refractivity contribution in [2.45, 2.75) is 31.5 Å². The number of nitrogens with one attached hydrogen (secondary N) is 1. The van der Waals surface area contributed by atoms with Crippen LogP contribution in [0.25, 0.3) is 0 Å². The number of rotatable bonds is 4. The first-order valence-electron chi connectivity index (χ1n) is 6.22. The maximum atomic E-state index is 10.4. The molecule has 1 aliphatic rings. The van der Waals surface area contributed by atoms with Gasteiger partial charge in [0.1, 0.15) is 0 Å². The van der Waals surface area contributed by atoms with Crippen LogP contribution in [0.4, 0.5) is 0 Å². The maximum Gasteiger partial charge on any atom is 0.0812 e. The van der Waals surface area contributed by atoms with Crippen LogP contribution in [0.2, 0.25) is 0 Å². The van der Waals surface area contributed by atoms with Crippen molar-refractivity contribution in [2.24, 2.45) is 0 Å². The Morgan fingerprint density at radius 1 is 1.29 bits per heavy atom. The summed E-state index contributed by atoms with van der Waals surface area (Å²) in [5.41, 5.74) is 1.79. The van der Waals surface area contributed by atoms with E-state index in [2.05, 4.69) is 29.6 Å². The number of methoxy groups -OCH3 is 1. The van der Waals surface area contributed by atoms with E-state index < -0.39 is 5.60 Å². The lowest BCUT2D eigenvalue weighted by molar-refractivity contribution is 0.0169. The normalized spacial score (nSPS) is 24.8. The first kappa shape index (κ1) is 12.6. The molecule has 1 atom stereocenters. The Kier molecular flexibility index (Phi) is 4.15. The van der Waals surface area contributed by atoms with Crippen LogP contribution in [0.3, 0.4) is 0 Å². The zero-order chi connectivity index (χ0) is 12.1. The fraction of sp³-hybridized carbons (Fsp3) is 0.571. The van der Waals surface area contributed by atoms with E-state index in [1.54, 1.807) is 7.11 Å². The molecule has 0 radical (unpaired) electrons. The van der Waals surface area contributed by atoms with Crippen LogP contribution in [0.1, 0.15) is 24.0 Å². The number of hydrogen-bond acceptors (Lipinski definition) is 3. The van der Waals surface area contributed by atoms with Crippen LogP contribution in [0.5, 0.6) is 0 Å². The molecule has 17 heavy (non-hydrogen) atoms. The second-order valence-corrected chi connectivity index (χ2v) is 4.93. The predicted octanol–water partition coefficient (Wildman–Crippen LogP) is 1.49. The van der Waals surface area contributed by atoms with Gasteiger partial charge in [0, 0.05) is 20.1 Å². The summed E-state index contributed by atoms with van der Waals surface area (Å²) in [5, 5.41) is 13.7. The molecule has 1 aliphatic heterocycles. The molecule has 0 aromatic heterocycles. The van der Waals surface area contributed by atoms with Crippen molar-refractivity contribution in [1.82, 2.24) is 5.32 Å². The fourth-order valence-corrected chi connectivity index (χ4v) is 2.40. The molecule has 3 heteroatoms. The third kappa shape index (κ3) is 3.53. The molecule has 0 bridgehead atoms. The second-order valence-electron chi connectivity index (χ2n) is 4.93. The molecule has 0 aliphatic carbocycles. The first-order chi connectivity index (χ1) is 8.22. The largest absolute Gasteiger partial charge is 0.388 e. The molecule has 0 spiro atoms. The Morgan fingerprint density at radius 3 is 2.59 bits per heavy atom. The minimum atomic E-state index is -0.568. The van der Waals surface area contributed by atoms with Crippen molar-refractivity contribution < 1.29 is 9.84 Å². The van der Waals surface area contributed by atoms with Crippen LogP contribution < -0.4 is 5.32 Å². The van der Waals surface area contributed by atoms with Crippen molar-refractivity contribution in [1.29, 1.82) is 0 Å². The fourth-order valence-electron chi connectivity index (χ4n) is 2.40. The van der Waals surface area contributed by atoms with Gasteiger partial charge in [-0.05, 0) is 30.5 Å². The van der Waals surface area contributed by atoms with E-state index in [-0.39, 0.29) is 0 Å². The van der Waals surface area contributed by atoms with Gasteiger partial charge in [-0.1, -0.05) is 24.3 Å². The molecule has 0 amide bonds. The third-order valence-electron chi connectivity index (χ3n) is 3.32. The molecule has 1 aromatic carbocycles. The number of aliphatic hydroxyl groups is 1. The average Bonchev–Trinajstić information content (AvgIpc) is 2.33. The van der Waals surface area contributed by atoms with Gasteiger partial charge in [0.25, 0.3) is 0 Å². The van der Waals surface area contributed by atoms with Crippen LogP contribution in [-0.4, -0.2) is 30.9 Å². The van der Waals surface area contributed by atoms with Gasteiger partial charge in [0.05, 0.1) is 12.2 Å². The molecule has 1 unspecified atom stereocenters. The zero-order valence-corrected chi connectivity index (χ0v) is 10.4. The van der Waals surface area contributed by atoms with Gasteiger partial charge in [-0.3, -0.25) is 0 Å². The van der Waals surface area contributed by atoms with Gasteiger partial charge in [-0.15, -0.1) is 0 Å². The average molecular weight is 235 g/mol.